The summed E-state index contributed by atoms with van der Waals surface area (Å²) in [6, 6.07) is 11.0. The number of nitrogens with one attached hydrogen (secondary N) is 2. The molecule has 0 saturated heterocycles. The van der Waals surface area contributed by atoms with Crippen molar-refractivity contribution >= 4 is 18.2 Å². The lowest BCUT2D eigenvalue weighted by Crippen LogP contribution is -2.41. The molecular weight excluding hydrogens is 334 g/mol. The summed E-state index contributed by atoms with van der Waals surface area (Å²) in [5, 5.41) is 8.65. The molecule has 0 bridgehead atoms. The molecule has 0 atom stereocenters. The van der Waals surface area contributed by atoms with E-state index in [0.29, 0.717) is 18.6 Å². The minimum atomic E-state index is 0.313. The predicted octanol–water partition coefficient (Wildman–Crippen LogP) is 2.93. The Morgan fingerprint density at radius 3 is 2.41 bits per heavy atom. The van der Waals surface area contributed by atoms with Crippen molar-refractivity contribution in [2.24, 2.45) is 4.99 Å². The molecule has 0 aliphatic carbocycles. The summed E-state index contributed by atoms with van der Waals surface area (Å²) in [5.41, 5.74) is 1.21. The second-order valence-corrected chi connectivity index (χ2v) is 7.06. The van der Waals surface area contributed by atoms with Crippen molar-refractivity contribution in [2.45, 2.75) is 66.1 Å². The molecular formula is C22H33N5. The van der Waals surface area contributed by atoms with E-state index in [-0.39, 0.29) is 0 Å². The highest BCUT2D eigenvalue weighted by Crippen LogP contribution is 2.03. The van der Waals surface area contributed by atoms with Crippen molar-refractivity contribution in [3.63, 3.8) is 0 Å². The van der Waals surface area contributed by atoms with Gasteiger partial charge in [-0.2, -0.15) is 0 Å². The SMILES string of the molecule is C=c1/c(=C(/NCc2ccccc2)NC(C)=NC(CC)CC)ncn1C(C)C. The van der Waals surface area contributed by atoms with E-state index in [4.69, 9.17) is 4.99 Å². The van der Waals surface area contributed by atoms with E-state index in [2.05, 4.69) is 66.6 Å². The van der Waals surface area contributed by atoms with Gasteiger partial charge in [-0.3, -0.25) is 4.99 Å². The van der Waals surface area contributed by atoms with Gasteiger partial charge in [-0.05, 0) is 39.2 Å². The number of amidine groups is 1. The van der Waals surface area contributed by atoms with Crippen LogP contribution in [0, 0.1) is 0 Å². The molecule has 2 rings (SSSR count). The first-order valence-electron chi connectivity index (χ1n) is 9.81. The maximum atomic E-state index is 4.80. The van der Waals surface area contributed by atoms with Gasteiger partial charge in [0, 0.05) is 12.6 Å². The van der Waals surface area contributed by atoms with E-state index in [1.54, 1.807) is 0 Å². The van der Waals surface area contributed by atoms with Crippen molar-refractivity contribution < 1.29 is 0 Å². The molecule has 2 N–H and O–H groups in total. The van der Waals surface area contributed by atoms with Gasteiger partial charge in [-0.1, -0.05) is 50.8 Å². The van der Waals surface area contributed by atoms with Crippen LogP contribution in [0.1, 0.15) is 59.1 Å². The maximum absolute atomic E-state index is 4.80. The van der Waals surface area contributed by atoms with Crippen molar-refractivity contribution in [1.29, 1.82) is 0 Å². The fourth-order valence-electron chi connectivity index (χ4n) is 2.97. The quantitative estimate of drug-likeness (QED) is 0.557. The van der Waals surface area contributed by atoms with Crippen LogP contribution in [-0.2, 0) is 6.54 Å². The summed E-state index contributed by atoms with van der Waals surface area (Å²) in [4.78, 5) is 9.40. The van der Waals surface area contributed by atoms with Gasteiger partial charge < -0.3 is 15.2 Å². The largest absolute Gasteiger partial charge is 0.366 e. The number of benzene rings is 1. The van der Waals surface area contributed by atoms with Crippen molar-refractivity contribution in [3.05, 3.63) is 52.9 Å². The van der Waals surface area contributed by atoms with Gasteiger partial charge in [0.15, 0.2) is 0 Å². The zero-order valence-electron chi connectivity index (χ0n) is 17.3. The Hall–Kier alpha value is -2.56. The van der Waals surface area contributed by atoms with Gasteiger partial charge in [0.25, 0.3) is 0 Å². The van der Waals surface area contributed by atoms with Crippen molar-refractivity contribution in [1.82, 2.24) is 20.2 Å². The lowest BCUT2D eigenvalue weighted by molar-refractivity contribution is 0.585. The highest BCUT2D eigenvalue weighted by molar-refractivity contribution is 5.85. The Bertz CT molecular complexity index is 845. The van der Waals surface area contributed by atoms with Crippen LogP contribution in [0.2, 0.25) is 0 Å². The molecule has 0 saturated carbocycles. The second kappa shape index (κ2) is 9.95. The normalized spacial score (nSPS) is 13.2. The molecule has 1 aromatic carbocycles. The van der Waals surface area contributed by atoms with Gasteiger partial charge >= 0.3 is 0 Å². The third-order valence-electron chi connectivity index (χ3n) is 4.63. The first-order valence-corrected chi connectivity index (χ1v) is 9.81. The Morgan fingerprint density at radius 1 is 1.19 bits per heavy atom. The average molecular weight is 368 g/mol. The van der Waals surface area contributed by atoms with Gasteiger partial charge in [-0.25, -0.2) is 4.98 Å². The number of imidazole rings is 1. The third-order valence-corrected chi connectivity index (χ3v) is 4.63. The van der Waals surface area contributed by atoms with E-state index in [0.717, 1.165) is 35.2 Å². The summed E-state index contributed by atoms with van der Waals surface area (Å²) in [7, 11) is 0. The van der Waals surface area contributed by atoms with E-state index >= 15 is 0 Å². The minimum Gasteiger partial charge on any atom is -0.366 e. The Balaban J connectivity index is 2.37. The van der Waals surface area contributed by atoms with Crippen LogP contribution < -0.4 is 21.3 Å². The van der Waals surface area contributed by atoms with Crippen molar-refractivity contribution in [2.75, 3.05) is 0 Å². The van der Waals surface area contributed by atoms with Crippen LogP contribution in [0.5, 0.6) is 0 Å². The molecule has 0 spiro atoms. The van der Waals surface area contributed by atoms with Crippen molar-refractivity contribution in [3.8, 4) is 0 Å². The molecule has 5 heteroatoms. The molecule has 0 amide bonds. The molecule has 5 nitrogen and oxygen atoms in total. The summed E-state index contributed by atoms with van der Waals surface area (Å²) in [5.74, 6) is 1.73. The van der Waals surface area contributed by atoms with E-state index in [1.807, 2.05) is 31.5 Å². The second-order valence-electron chi connectivity index (χ2n) is 7.06. The highest BCUT2D eigenvalue weighted by atomic mass is 15.2. The zero-order valence-corrected chi connectivity index (χ0v) is 17.3. The highest BCUT2D eigenvalue weighted by Gasteiger charge is 2.08. The van der Waals surface area contributed by atoms with E-state index in [1.165, 1.54) is 5.56 Å². The molecule has 0 fully saturated rings. The Labute approximate surface area is 162 Å². The smallest absolute Gasteiger partial charge is 0.133 e. The summed E-state index contributed by atoms with van der Waals surface area (Å²) in [6.07, 6.45) is 3.91. The molecule has 1 aromatic heterocycles. The average Bonchev–Trinajstić information content (AvgIpc) is 3.05. The topological polar surface area (TPSA) is 54.2 Å². The fourth-order valence-corrected chi connectivity index (χ4v) is 2.97. The lowest BCUT2D eigenvalue weighted by atomic mass is 10.2. The van der Waals surface area contributed by atoms with Crippen LogP contribution in [0.25, 0.3) is 12.4 Å². The first kappa shape index (κ1) is 20.7. The molecule has 0 unspecified atom stereocenters. The number of nitrogens with zero attached hydrogens (tertiary/aromatic N) is 3. The van der Waals surface area contributed by atoms with Crippen LogP contribution in [-0.4, -0.2) is 21.4 Å². The van der Waals surface area contributed by atoms with Crippen LogP contribution in [0.4, 0.5) is 0 Å². The summed E-state index contributed by atoms with van der Waals surface area (Å²) in [6.45, 7) is 15.5. The number of hydrogen-bond acceptors (Lipinski definition) is 3. The van der Waals surface area contributed by atoms with E-state index in [9.17, 15) is 0 Å². The monoisotopic (exact) mass is 367 g/mol. The summed E-state index contributed by atoms with van der Waals surface area (Å²) >= 11 is 0. The van der Waals surface area contributed by atoms with Gasteiger partial charge in [0.1, 0.15) is 11.2 Å². The standard InChI is InChI=1S/C22H33N5/c1-7-20(8-2)25-18(6)26-22(23-14-19-12-10-9-11-13-19)21-17(5)27(15-24-21)16(3)4/h9-13,15-16,20,23H,5,7-8,14H2,1-4,6H3,(H,25,26)/b22-21+. The molecule has 0 aliphatic rings. The maximum Gasteiger partial charge on any atom is 0.133 e. The molecule has 0 radical (unpaired) electrons. The first-order chi connectivity index (χ1) is 13.0. The number of aliphatic imine (C=N–C) groups is 1. The van der Waals surface area contributed by atoms with E-state index < -0.39 is 0 Å². The number of aromatic nitrogens is 2. The van der Waals surface area contributed by atoms with Crippen LogP contribution in [0.3, 0.4) is 0 Å². The van der Waals surface area contributed by atoms with Gasteiger partial charge in [0.05, 0.1) is 23.6 Å². The van der Waals surface area contributed by atoms with Gasteiger partial charge in [0.2, 0.25) is 0 Å². The van der Waals surface area contributed by atoms with Gasteiger partial charge in [-0.15, -0.1) is 0 Å². The molecule has 0 aliphatic heterocycles. The molecule has 27 heavy (non-hydrogen) atoms. The predicted molar refractivity (Wildman–Crippen MR) is 115 cm³/mol. The molecule has 146 valence electrons. The zero-order chi connectivity index (χ0) is 19.8. The lowest BCUT2D eigenvalue weighted by Gasteiger charge is -2.15. The number of hydrogen-bond donors (Lipinski definition) is 2. The summed E-state index contributed by atoms with van der Waals surface area (Å²) < 4.78 is 2.08. The molecule has 2 aromatic rings. The van der Waals surface area contributed by atoms with Crippen LogP contribution in [0.15, 0.2) is 41.7 Å². The Kier molecular flexibility index (Phi) is 7.65. The molecule has 1 heterocycles. The van der Waals surface area contributed by atoms with Crippen LogP contribution >= 0.6 is 0 Å². The number of rotatable bonds is 8. The minimum absolute atomic E-state index is 0.313. The Morgan fingerprint density at radius 2 is 1.85 bits per heavy atom. The third kappa shape index (κ3) is 5.71. The fraction of sp³-hybridized carbons (Fsp3) is 0.455.